The van der Waals surface area contributed by atoms with Gasteiger partial charge < -0.3 is 10.1 Å². The zero-order chi connectivity index (χ0) is 21.7. The van der Waals surface area contributed by atoms with Gasteiger partial charge in [-0.3, -0.25) is 4.79 Å². The van der Waals surface area contributed by atoms with Crippen molar-refractivity contribution in [1.82, 2.24) is 5.32 Å². The molecular formula is C25H25Cl2NO2. The van der Waals surface area contributed by atoms with Gasteiger partial charge in [-0.1, -0.05) is 74.3 Å². The fraction of sp³-hybridized carbons (Fsp3) is 0.240. The van der Waals surface area contributed by atoms with Crippen LogP contribution in [-0.4, -0.2) is 5.91 Å². The van der Waals surface area contributed by atoms with E-state index in [2.05, 4.69) is 38.2 Å². The molecule has 1 amide bonds. The number of amides is 1. The third kappa shape index (κ3) is 6.01. The average Bonchev–Trinajstić information content (AvgIpc) is 2.71. The smallest absolute Gasteiger partial charge is 0.251 e. The fourth-order valence-corrected chi connectivity index (χ4v) is 3.39. The first-order chi connectivity index (χ1) is 14.2. The standard InChI is InChI=1S/C25H25Cl2NO2/c1-25(2,3)20-9-12-22(13-10-20)30-16-17-4-6-18(7-5-17)24(29)28-15-19-8-11-21(26)14-23(19)27/h4-14H,15-16H2,1-3H3,(H,28,29). The van der Waals surface area contributed by atoms with Gasteiger partial charge in [0.1, 0.15) is 12.4 Å². The Hall–Kier alpha value is -2.49. The second-order valence-electron chi connectivity index (χ2n) is 8.18. The van der Waals surface area contributed by atoms with Gasteiger partial charge in [0.2, 0.25) is 0 Å². The first kappa shape index (κ1) is 22.2. The third-order valence-corrected chi connectivity index (χ3v) is 5.38. The Morgan fingerprint density at radius 3 is 2.20 bits per heavy atom. The molecule has 0 atom stereocenters. The molecule has 0 spiro atoms. The minimum absolute atomic E-state index is 0.119. The topological polar surface area (TPSA) is 38.3 Å². The van der Waals surface area contributed by atoms with Crippen molar-refractivity contribution in [3.63, 3.8) is 0 Å². The predicted octanol–water partition coefficient (Wildman–Crippen LogP) is 6.80. The van der Waals surface area contributed by atoms with E-state index in [-0.39, 0.29) is 11.3 Å². The van der Waals surface area contributed by atoms with Crippen molar-refractivity contribution in [3.05, 3.63) is 99.0 Å². The van der Waals surface area contributed by atoms with E-state index in [1.54, 1.807) is 30.3 Å². The Morgan fingerprint density at radius 1 is 0.933 bits per heavy atom. The Kier molecular flexibility index (Phi) is 7.06. The highest BCUT2D eigenvalue weighted by atomic mass is 35.5. The van der Waals surface area contributed by atoms with E-state index in [0.717, 1.165) is 16.9 Å². The van der Waals surface area contributed by atoms with E-state index in [9.17, 15) is 4.79 Å². The lowest BCUT2D eigenvalue weighted by atomic mass is 9.87. The van der Waals surface area contributed by atoms with Crippen LogP contribution in [0.4, 0.5) is 0 Å². The zero-order valence-corrected chi connectivity index (χ0v) is 18.8. The van der Waals surface area contributed by atoms with Crippen molar-refractivity contribution in [3.8, 4) is 5.75 Å². The molecule has 30 heavy (non-hydrogen) atoms. The molecule has 0 unspecified atom stereocenters. The van der Waals surface area contributed by atoms with Crippen molar-refractivity contribution in [2.75, 3.05) is 0 Å². The normalized spacial score (nSPS) is 11.2. The lowest BCUT2D eigenvalue weighted by Gasteiger charge is -2.19. The molecule has 0 aliphatic rings. The molecule has 3 rings (SSSR count). The number of ether oxygens (including phenoxy) is 1. The predicted molar refractivity (Wildman–Crippen MR) is 124 cm³/mol. The third-order valence-electron chi connectivity index (χ3n) is 4.80. The number of carbonyl (C=O) groups excluding carboxylic acids is 1. The second-order valence-corrected chi connectivity index (χ2v) is 9.02. The molecule has 0 saturated heterocycles. The largest absolute Gasteiger partial charge is 0.489 e. The van der Waals surface area contributed by atoms with Crippen LogP contribution in [0, 0.1) is 0 Å². The molecule has 3 aromatic rings. The van der Waals surface area contributed by atoms with E-state index in [0.29, 0.717) is 28.8 Å². The highest BCUT2D eigenvalue weighted by Gasteiger charge is 2.13. The van der Waals surface area contributed by atoms with E-state index in [1.807, 2.05) is 24.3 Å². The summed E-state index contributed by atoms with van der Waals surface area (Å²) in [4.78, 5) is 12.4. The van der Waals surface area contributed by atoms with Gasteiger partial charge in [-0.25, -0.2) is 0 Å². The number of halogens is 2. The molecule has 0 fully saturated rings. The number of hydrogen-bond acceptors (Lipinski definition) is 2. The molecule has 3 aromatic carbocycles. The average molecular weight is 442 g/mol. The molecule has 1 N–H and O–H groups in total. The van der Waals surface area contributed by atoms with Gasteiger partial charge in [-0.05, 0) is 58.5 Å². The molecule has 0 aliphatic heterocycles. The van der Waals surface area contributed by atoms with Crippen molar-refractivity contribution in [2.45, 2.75) is 39.3 Å². The molecule has 0 saturated carbocycles. The van der Waals surface area contributed by atoms with Crippen LogP contribution in [0.2, 0.25) is 10.0 Å². The van der Waals surface area contributed by atoms with Gasteiger partial charge in [0.25, 0.3) is 5.91 Å². The minimum Gasteiger partial charge on any atom is -0.489 e. The van der Waals surface area contributed by atoms with E-state index in [1.165, 1.54) is 5.56 Å². The van der Waals surface area contributed by atoms with Crippen molar-refractivity contribution in [1.29, 1.82) is 0 Å². The summed E-state index contributed by atoms with van der Waals surface area (Å²) in [6.07, 6.45) is 0. The quantitative estimate of drug-likeness (QED) is 0.456. The van der Waals surface area contributed by atoms with Crippen LogP contribution < -0.4 is 10.1 Å². The summed E-state index contributed by atoms with van der Waals surface area (Å²) in [5.74, 6) is 0.663. The van der Waals surface area contributed by atoms with Gasteiger partial charge in [0.05, 0.1) is 0 Å². The molecule has 0 radical (unpaired) electrons. The first-order valence-electron chi connectivity index (χ1n) is 9.77. The number of rotatable bonds is 6. The second kappa shape index (κ2) is 9.55. The summed E-state index contributed by atoms with van der Waals surface area (Å²) < 4.78 is 5.86. The summed E-state index contributed by atoms with van der Waals surface area (Å²) in [7, 11) is 0. The van der Waals surface area contributed by atoms with Crippen molar-refractivity contribution < 1.29 is 9.53 Å². The molecule has 0 aliphatic carbocycles. The molecule has 0 bridgehead atoms. The number of nitrogens with one attached hydrogen (secondary N) is 1. The van der Waals surface area contributed by atoms with Crippen LogP contribution in [0.3, 0.4) is 0 Å². The van der Waals surface area contributed by atoms with Crippen LogP contribution in [0.15, 0.2) is 66.7 Å². The molecule has 156 valence electrons. The Balaban J connectivity index is 1.53. The summed E-state index contributed by atoms with van der Waals surface area (Å²) in [5.41, 5.74) is 3.78. The summed E-state index contributed by atoms with van der Waals surface area (Å²) in [6.45, 7) is 7.33. The summed E-state index contributed by atoms with van der Waals surface area (Å²) in [6, 6.07) is 20.8. The Labute approximate surface area is 188 Å². The fourth-order valence-electron chi connectivity index (χ4n) is 2.91. The van der Waals surface area contributed by atoms with E-state index in [4.69, 9.17) is 27.9 Å². The molecule has 3 nitrogen and oxygen atoms in total. The SMILES string of the molecule is CC(C)(C)c1ccc(OCc2ccc(C(=O)NCc3ccc(Cl)cc3Cl)cc2)cc1. The van der Waals surface area contributed by atoms with E-state index < -0.39 is 0 Å². The lowest BCUT2D eigenvalue weighted by Crippen LogP contribution is -2.22. The maximum absolute atomic E-state index is 12.4. The molecule has 5 heteroatoms. The van der Waals surface area contributed by atoms with Gasteiger partial charge in [-0.15, -0.1) is 0 Å². The van der Waals surface area contributed by atoms with Crippen LogP contribution in [0.5, 0.6) is 5.75 Å². The van der Waals surface area contributed by atoms with Crippen molar-refractivity contribution in [2.24, 2.45) is 0 Å². The van der Waals surface area contributed by atoms with Gasteiger partial charge in [0, 0.05) is 22.2 Å². The molecule has 0 aromatic heterocycles. The van der Waals surface area contributed by atoms with Crippen LogP contribution in [0.25, 0.3) is 0 Å². The summed E-state index contributed by atoms with van der Waals surface area (Å²) >= 11 is 12.0. The van der Waals surface area contributed by atoms with Gasteiger partial charge in [-0.2, -0.15) is 0 Å². The number of benzene rings is 3. The van der Waals surface area contributed by atoms with Crippen LogP contribution in [-0.2, 0) is 18.6 Å². The number of carbonyl (C=O) groups is 1. The van der Waals surface area contributed by atoms with Gasteiger partial charge in [0.15, 0.2) is 0 Å². The monoisotopic (exact) mass is 441 g/mol. The maximum atomic E-state index is 12.4. The number of hydrogen-bond donors (Lipinski definition) is 1. The maximum Gasteiger partial charge on any atom is 0.251 e. The summed E-state index contributed by atoms with van der Waals surface area (Å²) in [5, 5.41) is 3.97. The Bertz CT molecular complexity index is 1010. The zero-order valence-electron chi connectivity index (χ0n) is 17.3. The lowest BCUT2D eigenvalue weighted by molar-refractivity contribution is 0.0951. The molecule has 0 heterocycles. The minimum atomic E-state index is -0.161. The van der Waals surface area contributed by atoms with E-state index >= 15 is 0 Å². The highest BCUT2D eigenvalue weighted by molar-refractivity contribution is 6.35. The van der Waals surface area contributed by atoms with Crippen molar-refractivity contribution >= 4 is 29.1 Å². The van der Waals surface area contributed by atoms with Crippen LogP contribution in [0.1, 0.15) is 47.8 Å². The first-order valence-corrected chi connectivity index (χ1v) is 10.5. The van der Waals surface area contributed by atoms with Gasteiger partial charge >= 0.3 is 0 Å². The molecular weight excluding hydrogens is 417 g/mol. The van der Waals surface area contributed by atoms with Crippen LogP contribution >= 0.6 is 23.2 Å². The highest BCUT2D eigenvalue weighted by Crippen LogP contribution is 2.25. The Morgan fingerprint density at radius 2 is 1.60 bits per heavy atom.